The number of rotatable bonds is 1. The van der Waals surface area contributed by atoms with Gasteiger partial charge in [0.2, 0.25) is 0 Å². The molecule has 0 fully saturated rings. The van der Waals surface area contributed by atoms with Gasteiger partial charge in [0.1, 0.15) is 5.15 Å². The molecule has 0 spiro atoms. The van der Waals surface area contributed by atoms with Crippen molar-refractivity contribution in [2.75, 3.05) is 0 Å². The third-order valence-corrected chi connectivity index (χ3v) is 3.31. The Morgan fingerprint density at radius 3 is 2.65 bits per heavy atom. The van der Waals surface area contributed by atoms with Crippen molar-refractivity contribution in [3.8, 4) is 0 Å². The first-order chi connectivity index (χ1) is 9.56. The molecule has 2 heterocycles. The molecule has 5 heteroatoms. The molecule has 0 aliphatic carbocycles. The summed E-state index contributed by atoms with van der Waals surface area (Å²) in [6.07, 6.45) is 0. The number of halogens is 1. The number of fused-ring (bicyclic) bond motifs is 1. The molecule has 0 N–H and O–H groups in total. The lowest BCUT2D eigenvalue weighted by Crippen LogP contribution is -2.16. The number of pyridine rings is 1. The number of aromatic nitrogens is 3. The van der Waals surface area contributed by atoms with Crippen molar-refractivity contribution >= 4 is 28.4 Å². The van der Waals surface area contributed by atoms with Crippen LogP contribution in [0, 0.1) is 13.8 Å². The molecule has 0 saturated heterocycles. The van der Waals surface area contributed by atoms with Gasteiger partial charge in [-0.25, -0.2) is 9.67 Å². The average Bonchev–Trinajstić information content (AvgIpc) is 2.76. The number of hydrogen-bond acceptors (Lipinski definition) is 3. The molecular formula is C15H12ClN3O. The third kappa shape index (κ3) is 2.08. The van der Waals surface area contributed by atoms with E-state index in [1.54, 1.807) is 6.07 Å². The molecule has 0 bridgehead atoms. The monoisotopic (exact) mass is 285 g/mol. The Hall–Kier alpha value is -2.20. The van der Waals surface area contributed by atoms with Crippen LogP contribution in [0.3, 0.4) is 0 Å². The van der Waals surface area contributed by atoms with Crippen LogP contribution in [-0.4, -0.2) is 20.7 Å². The fraction of sp³-hybridized carbons (Fsp3) is 0.133. The van der Waals surface area contributed by atoms with E-state index in [2.05, 4.69) is 10.1 Å². The molecule has 3 aromatic rings. The first-order valence-corrected chi connectivity index (χ1v) is 6.57. The van der Waals surface area contributed by atoms with Crippen LogP contribution in [-0.2, 0) is 0 Å². The topological polar surface area (TPSA) is 47.8 Å². The molecule has 1 aromatic carbocycles. The predicted octanol–water partition coefficient (Wildman–Crippen LogP) is 3.39. The van der Waals surface area contributed by atoms with Crippen LogP contribution in [0.25, 0.3) is 10.9 Å². The first kappa shape index (κ1) is 12.8. The lowest BCUT2D eigenvalue weighted by Gasteiger charge is -2.07. The van der Waals surface area contributed by atoms with Crippen LogP contribution in [0.1, 0.15) is 21.7 Å². The Kier molecular flexibility index (Phi) is 3.03. The van der Waals surface area contributed by atoms with Crippen LogP contribution in [0.15, 0.2) is 36.4 Å². The van der Waals surface area contributed by atoms with E-state index in [0.717, 1.165) is 16.8 Å². The van der Waals surface area contributed by atoms with E-state index in [-0.39, 0.29) is 5.91 Å². The Morgan fingerprint density at radius 2 is 1.95 bits per heavy atom. The summed E-state index contributed by atoms with van der Waals surface area (Å²) in [6.45, 7) is 3.71. The van der Waals surface area contributed by atoms with Gasteiger partial charge in [0, 0.05) is 11.1 Å². The van der Waals surface area contributed by atoms with Crippen LogP contribution in [0.5, 0.6) is 0 Å². The molecule has 0 atom stereocenters. The Balaban J connectivity index is 2.24. The molecule has 100 valence electrons. The smallest absolute Gasteiger partial charge is 0.267 e. The standard InChI is InChI=1S/C15H12ClN3O/c1-9-7-10(2)19(18-9)15(20)12-8-14(16)17-13-6-4-3-5-11(12)13/h3-8H,1-2H3. The fourth-order valence-electron chi connectivity index (χ4n) is 2.27. The predicted molar refractivity (Wildman–Crippen MR) is 78.2 cm³/mol. The van der Waals surface area contributed by atoms with Crippen molar-refractivity contribution in [2.24, 2.45) is 0 Å². The highest BCUT2D eigenvalue weighted by molar-refractivity contribution is 6.30. The van der Waals surface area contributed by atoms with Crippen LogP contribution < -0.4 is 0 Å². The molecule has 3 rings (SSSR count). The maximum atomic E-state index is 12.7. The molecular weight excluding hydrogens is 274 g/mol. The minimum Gasteiger partial charge on any atom is -0.267 e. The molecule has 0 radical (unpaired) electrons. The largest absolute Gasteiger partial charge is 0.279 e. The van der Waals surface area contributed by atoms with E-state index < -0.39 is 0 Å². The molecule has 0 aliphatic heterocycles. The first-order valence-electron chi connectivity index (χ1n) is 6.19. The van der Waals surface area contributed by atoms with Crippen LogP contribution in [0.4, 0.5) is 0 Å². The minimum atomic E-state index is -0.198. The van der Waals surface area contributed by atoms with Gasteiger partial charge in [0.25, 0.3) is 5.91 Å². The van der Waals surface area contributed by atoms with Crippen molar-refractivity contribution in [3.63, 3.8) is 0 Å². The van der Waals surface area contributed by atoms with Crippen molar-refractivity contribution in [1.29, 1.82) is 0 Å². The Labute approximate surface area is 121 Å². The minimum absolute atomic E-state index is 0.198. The van der Waals surface area contributed by atoms with Crippen LogP contribution >= 0.6 is 11.6 Å². The SMILES string of the molecule is Cc1cc(C)n(C(=O)c2cc(Cl)nc3ccccc23)n1. The van der Waals surface area contributed by atoms with E-state index >= 15 is 0 Å². The maximum Gasteiger partial charge on any atom is 0.279 e. The number of nitrogens with zero attached hydrogens (tertiary/aromatic N) is 3. The molecule has 0 saturated carbocycles. The van der Waals surface area contributed by atoms with Crippen molar-refractivity contribution in [2.45, 2.75) is 13.8 Å². The molecule has 0 amide bonds. The van der Waals surface area contributed by atoms with Gasteiger partial charge in [0.05, 0.1) is 16.8 Å². The molecule has 2 aromatic heterocycles. The average molecular weight is 286 g/mol. The van der Waals surface area contributed by atoms with Crippen molar-refractivity contribution in [3.05, 3.63) is 58.5 Å². The summed E-state index contributed by atoms with van der Waals surface area (Å²) in [6, 6.07) is 10.9. The van der Waals surface area contributed by atoms with Gasteiger partial charge in [-0.15, -0.1) is 0 Å². The second-order valence-electron chi connectivity index (χ2n) is 4.65. The highest BCUT2D eigenvalue weighted by Crippen LogP contribution is 2.22. The summed E-state index contributed by atoms with van der Waals surface area (Å²) >= 11 is 6.01. The zero-order chi connectivity index (χ0) is 14.3. The summed E-state index contributed by atoms with van der Waals surface area (Å²) in [5.41, 5.74) is 2.81. The van der Waals surface area contributed by atoms with Crippen molar-refractivity contribution < 1.29 is 4.79 Å². The zero-order valence-electron chi connectivity index (χ0n) is 11.1. The highest BCUT2D eigenvalue weighted by Gasteiger charge is 2.16. The Morgan fingerprint density at radius 1 is 1.20 bits per heavy atom. The van der Waals surface area contributed by atoms with E-state index in [0.29, 0.717) is 16.2 Å². The Bertz CT molecular complexity index is 823. The molecule has 20 heavy (non-hydrogen) atoms. The van der Waals surface area contributed by atoms with Gasteiger partial charge in [-0.05, 0) is 32.0 Å². The van der Waals surface area contributed by atoms with Crippen molar-refractivity contribution in [1.82, 2.24) is 14.8 Å². The number of hydrogen-bond donors (Lipinski definition) is 0. The van der Waals surface area contributed by atoms with E-state index in [1.165, 1.54) is 4.68 Å². The van der Waals surface area contributed by atoms with Crippen LogP contribution in [0.2, 0.25) is 5.15 Å². The van der Waals surface area contributed by atoms with Gasteiger partial charge < -0.3 is 0 Å². The van der Waals surface area contributed by atoms with Gasteiger partial charge >= 0.3 is 0 Å². The summed E-state index contributed by atoms with van der Waals surface area (Å²) < 4.78 is 1.40. The fourth-order valence-corrected chi connectivity index (χ4v) is 2.47. The summed E-state index contributed by atoms with van der Waals surface area (Å²) in [5.74, 6) is -0.198. The van der Waals surface area contributed by atoms with Gasteiger partial charge in [0.15, 0.2) is 0 Å². The maximum absolute atomic E-state index is 12.7. The van der Waals surface area contributed by atoms with E-state index in [9.17, 15) is 4.79 Å². The van der Waals surface area contributed by atoms with E-state index in [4.69, 9.17) is 11.6 Å². The lowest BCUT2D eigenvalue weighted by atomic mass is 10.1. The number of aryl methyl sites for hydroxylation is 2. The van der Waals surface area contributed by atoms with E-state index in [1.807, 2.05) is 44.2 Å². The van der Waals surface area contributed by atoms with Gasteiger partial charge in [-0.2, -0.15) is 5.10 Å². The highest BCUT2D eigenvalue weighted by atomic mass is 35.5. The van der Waals surface area contributed by atoms with Gasteiger partial charge in [-0.3, -0.25) is 4.79 Å². The molecule has 4 nitrogen and oxygen atoms in total. The number of carbonyl (C=O) groups is 1. The number of carbonyl (C=O) groups excluding carboxylic acids is 1. The number of benzene rings is 1. The lowest BCUT2D eigenvalue weighted by molar-refractivity contribution is 0.0944. The summed E-state index contributed by atoms with van der Waals surface area (Å²) in [4.78, 5) is 16.9. The number of para-hydroxylation sites is 1. The summed E-state index contributed by atoms with van der Waals surface area (Å²) in [7, 11) is 0. The zero-order valence-corrected chi connectivity index (χ0v) is 11.8. The second kappa shape index (κ2) is 4.72. The quantitative estimate of drug-likeness (QED) is 0.644. The third-order valence-electron chi connectivity index (χ3n) is 3.12. The molecule has 0 unspecified atom stereocenters. The molecule has 0 aliphatic rings. The van der Waals surface area contributed by atoms with Gasteiger partial charge in [-0.1, -0.05) is 29.8 Å². The second-order valence-corrected chi connectivity index (χ2v) is 5.04. The summed E-state index contributed by atoms with van der Waals surface area (Å²) in [5, 5.41) is 5.30. The normalized spacial score (nSPS) is 10.9.